The summed E-state index contributed by atoms with van der Waals surface area (Å²) in [6.07, 6.45) is 9.11. The summed E-state index contributed by atoms with van der Waals surface area (Å²) in [7, 11) is 0. The smallest absolute Gasteiger partial charge is 0.281 e. The van der Waals surface area contributed by atoms with Crippen LogP contribution in [0.2, 0.25) is 0 Å². The van der Waals surface area contributed by atoms with Crippen LogP contribution < -0.4 is 11.1 Å². The largest absolute Gasteiger partial charge is 0.350 e. The molecule has 0 fully saturated rings. The zero-order chi connectivity index (χ0) is 18.8. The second kappa shape index (κ2) is 10.5. The zero-order valence-electron chi connectivity index (χ0n) is 14.4. The molecule has 0 spiro atoms. The van der Waals surface area contributed by atoms with Gasteiger partial charge in [-0.2, -0.15) is 0 Å². The van der Waals surface area contributed by atoms with Crippen LogP contribution in [0.5, 0.6) is 0 Å². The Hall–Kier alpha value is -2.54. The lowest BCUT2D eigenvalue weighted by atomic mass is 10.1. The number of hydrogen-bond donors (Lipinski definition) is 2. The second-order valence-electron chi connectivity index (χ2n) is 5.08. The number of nitrogens with zero attached hydrogens (tertiary/aromatic N) is 2. The van der Waals surface area contributed by atoms with Crippen LogP contribution in [-0.4, -0.2) is 28.8 Å². The average molecular weight is 388 g/mol. The first kappa shape index (κ1) is 19.8. The number of benzene rings is 1. The van der Waals surface area contributed by atoms with Crippen molar-refractivity contribution in [3.63, 3.8) is 0 Å². The van der Waals surface area contributed by atoms with Gasteiger partial charge in [0.2, 0.25) is 0 Å². The summed E-state index contributed by atoms with van der Waals surface area (Å²) in [6, 6.07) is 12.0. The molecule has 0 radical (unpaired) electrons. The first-order valence-corrected chi connectivity index (χ1v) is 9.49. The highest BCUT2D eigenvalue weighted by atomic mass is 35.5. The van der Waals surface area contributed by atoms with Gasteiger partial charge in [0.15, 0.2) is 11.7 Å². The minimum Gasteiger partial charge on any atom is -0.350 e. The summed E-state index contributed by atoms with van der Waals surface area (Å²) in [5.41, 5.74) is 7.60. The van der Waals surface area contributed by atoms with Crippen molar-refractivity contribution in [1.82, 2.24) is 9.97 Å². The molecule has 2 heterocycles. The standard InChI is InChI=1S/C18H16N4OS.CH3Cl/c19-11-17(23)22-18-21-16(12-24-18)15-3-1-2-14(10-15)5-4-13-6-8-20-9-7-13;1-2/h1-10,12H,11,19H2,(H,21,22,23);1H3/p+1/b5-4+;. The highest BCUT2D eigenvalue weighted by Gasteiger charge is 2.07. The van der Waals surface area contributed by atoms with Gasteiger partial charge in [-0.25, -0.2) is 4.98 Å². The number of rotatable bonds is 5. The van der Waals surface area contributed by atoms with Crippen LogP contribution in [0.4, 0.5) is 5.13 Å². The lowest BCUT2D eigenvalue weighted by molar-refractivity contribution is -0.353. The summed E-state index contributed by atoms with van der Waals surface area (Å²) in [4.78, 5) is 19.8. The Morgan fingerprint density at radius 2 is 1.92 bits per heavy atom. The number of amides is 1. The Balaban J connectivity index is 0.00000117. The number of anilines is 1. The predicted octanol–water partition coefficient (Wildman–Crippen LogP) is 3.41. The molecule has 2 aromatic heterocycles. The molecule has 5 nitrogen and oxygen atoms in total. The summed E-state index contributed by atoms with van der Waals surface area (Å²) < 4.78 is 0. The van der Waals surface area contributed by atoms with Crippen molar-refractivity contribution < 1.29 is 10.5 Å². The van der Waals surface area contributed by atoms with Gasteiger partial charge in [0.1, 0.15) is 0 Å². The van der Waals surface area contributed by atoms with E-state index < -0.39 is 0 Å². The van der Waals surface area contributed by atoms with Gasteiger partial charge in [0.25, 0.3) is 5.91 Å². The number of aromatic nitrogens is 2. The molecule has 7 heteroatoms. The number of halogens is 1. The molecule has 0 aliphatic heterocycles. The number of alkyl halides is 1. The van der Waals surface area contributed by atoms with E-state index in [2.05, 4.69) is 44.8 Å². The van der Waals surface area contributed by atoms with Gasteiger partial charge >= 0.3 is 0 Å². The van der Waals surface area contributed by atoms with E-state index in [1.54, 1.807) is 12.4 Å². The molecule has 0 atom stereocenters. The molecular weight excluding hydrogens is 368 g/mol. The van der Waals surface area contributed by atoms with Crippen molar-refractivity contribution in [2.45, 2.75) is 0 Å². The van der Waals surface area contributed by atoms with Crippen LogP contribution in [0.1, 0.15) is 11.1 Å². The molecule has 4 N–H and O–H groups in total. The number of carbonyl (C=O) groups is 1. The third-order valence-electron chi connectivity index (χ3n) is 3.33. The van der Waals surface area contributed by atoms with Gasteiger partial charge in [0.05, 0.1) is 5.69 Å². The Morgan fingerprint density at radius 1 is 1.19 bits per heavy atom. The molecule has 0 saturated carbocycles. The first-order valence-electron chi connectivity index (χ1n) is 7.85. The molecule has 26 heavy (non-hydrogen) atoms. The van der Waals surface area contributed by atoms with Crippen molar-refractivity contribution in [2.75, 3.05) is 18.2 Å². The summed E-state index contributed by atoms with van der Waals surface area (Å²) in [5.74, 6) is -0.134. The van der Waals surface area contributed by atoms with E-state index in [4.69, 9.17) is 0 Å². The highest BCUT2D eigenvalue weighted by Crippen LogP contribution is 2.26. The molecular formula is C19H20ClN4OS+. The van der Waals surface area contributed by atoms with Gasteiger partial charge in [-0.05, 0) is 29.3 Å². The summed E-state index contributed by atoms with van der Waals surface area (Å²) >= 11 is 6.05. The maximum atomic E-state index is 11.4. The van der Waals surface area contributed by atoms with Crippen molar-refractivity contribution >= 4 is 46.1 Å². The van der Waals surface area contributed by atoms with E-state index in [-0.39, 0.29) is 12.5 Å². The molecule has 1 amide bonds. The Kier molecular flexibility index (Phi) is 7.95. The number of quaternary nitrogens is 1. The SMILES string of the molecule is CCl.[NH3+]CC(=O)Nc1nc(-c2cccc(/C=C/c3ccncc3)c2)cs1. The van der Waals surface area contributed by atoms with E-state index in [1.807, 2.05) is 41.8 Å². The summed E-state index contributed by atoms with van der Waals surface area (Å²) in [6.45, 7) is 0.199. The first-order chi connectivity index (χ1) is 12.7. The third-order valence-corrected chi connectivity index (χ3v) is 4.09. The van der Waals surface area contributed by atoms with Gasteiger partial charge in [-0.1, -0.05) is 30.4 Å². The average Bonchev–Trinajstić information content (AvgIpc) is 3.17. The fourth-order valence-electron chi connectivity index (χ4n) is 2.11. The van der Waals surface area contributed by atoms with E-state index in [1.165, 1.54) is 17.7 Å². The number of hydrogen-bond acceptors (Lipinski definition) is 4. The van der Waals surface area contributed by atoms with Crippen molar-refractivity contribution in [3.05, 3.63) is 65.3 Å². The second-order valence-corrected chi connectivity index (χ2v) is 5.93. The lowest BCUT2D eigenvalue weighted by Crippen LogP contribution is -2.55. The quantitative estimate of drug-likeness (QED) is 0.658. The molecule has 1 aromatic carbocycles. The van der Waals surface area contributed by atoms with Crippen molar-refractivity contribution in [1.29, 1.82) is 0 Å². The molecule has 3 rings (SSSR count). The fraction of sp³-hybridized carbons (Fsp3) is 0.105. The number of nitrogens with one attached hydrogen (secondary N) is 1. The predicted molar refractivity (Wildman–Crippen MR) is 109 cm³/mol. The minimum atomic E-state index is -0.134. The molecule has 0 unspecified atom stereocenters. The van der Waals surface area contributed by atoms with Crippen LogP contribution >= 0.6 is 22.9 Å². The fourth-order valence-corrected chi connectivity index (χ4v) is 2.85. The normalized spacial score (nSPS) is 10.3. The Morgan fingerprint density at radius 3 is 2.65 bits per heavy atom. The monoisotopic (exact) mass is 387 g/mol. The maximum Gasteiger partial charge on any atom is 0.281 e. The Labute approximate surface area is 161 Å². The highest BCUT2D eigenvalue weighted by molar-refractivity contribution is 7.14. The molecule has 0 bridgehead atoms. The van der Waals surface area contributed by atoms with E-state index in [0.29, 0.717) is 5.13 Å². The van der Waals surface area contributed by atoms with Gasteiger partial charge in [-0.15, -0.1) is 22.9 Å². The molecule has 0 aliphatic carbocycles. The van der Waals surface area contributed by atoms with E-state index in [0.717, 1.165) is 22.4 Å². The minimum absolute atomic E-state index is 0.134. The molecule has 0 saturated heterocycles. The van der Waals surface area contributed by atoms with Crippen LogP contribution in [0, 0.1) is 0 Å². The zero-order valence-corrected chi connectivity index (χ0v) is 15.9. The van der Waals surface area contributed by atoms with Crippen LogP contribution in [0.15, 0.2) is 54.2 Å². The molecule has 0 aliphatic rings. The van der Waals surface area contributed by atoms with Gasteiger partial charge in [-0.3, -0.25) is 15.1 Å². The number of thiazole rings is 1. The third kappa shape index (κ3) is 5.77. The Bertz CT molecular complexity index is 865. The topological polar surface area (TPSA) is 82.5 Å². The lowest BCUT2D eigenvalue weighted by Gasteiger charge is -2.00. The van der Waals surface area contributed by atoms with Crippen molar-refractivity contribution in [2.24, 2.45) is 0 Å². The molecule has 134 valence electrons. The summed E-state index contributed by atoms with van der Waals surface area (Å²) in [5, 5.41) is 5.26. The van der Waals surface area contributed by atoms with Crippen LogP contribution in [0.3, 0.4) is 0 Å². The number of carbonyl (C=O) groups excluding carboxylic acids is 1. The van der Waals surface area contributed by atoms with Crippen LogP contribution in [0.25, 0.3) is 23.4 Å². The van der Waals surface area contributed by atoms with E-state index in [9.17, 15) is 4.79 Å². The van der Waals surface area contributed by atoms with Gasteiger partial charge in [0, 0.05) is 29.7 Å². The number of pyridine rings is 1. The van der Waals surface area contributed by atoms with Crippen molar-refractivity contribution in [3.8, 4) is 11.3 Å². The maximum absolute atomic E-state index is 11.4. The van der Waals surface area contributed by atoms with E-state index >= 15 is 0 Å². The van der Waals surface area contributed by atoms with Crippen LogP contribution in [-0.2, 0) is 4.79 Å². The van der Waals surface area contributed by atoms with Gasteiger partial charge < -0.3 is 5.73 Å². The molecule has 3 aromatic rings.